The Balaban J connectivity index is 2.68. The molecule has 0 amide bonds. The average molecular weight is 233 g/mol. The van der Waals surface area contributed by atoms with Crippen LogP contribution in [0.1, 0.15) is 12.1 Å². The van der Waals surface area contributed by atoms with Crippen LogP contribution in [0.15, 0.2) is 10.7 Å². The lowest BCUT2D eigenvalue weighted by Gasteiger charge is -1.99. The molecule has 66 valence electrons. The number of carboxylic acid groups (broad SMARTS) is 1. The number of carboxylic acids is 1. The van der Waals surface area contributed by atoms with Gasteiger partial charge in [-0.3, -0.25) is 9.48 Å². The number of hydrogen-bond donors (Lipinski definition) is 1. The Bertz CT molecular complexity index is 276. The van der Waals surface area contributed by atoms with E-state index in [0.717, 1.165) is 10.2 Å². The number of aromatic nitrogens is 2. The Morgan fingerprint density at radius 2 is 2.50 bits per heavy atom. The maximum atomic E-state index is 10.3. The van der Waals surface area contributed by atoms with Gasteiger partial charge in [-0.2, -0.15) is 5.10 Å². The molecule has 0 aliphatic carbocycles. The molecule has 1 aromatic rings. The van der Waals surface area contributed by atoms with Crippen LogP contribution in [0, 0.1) is 0 Å². The summed E-state index contributed by atoms with van der Waals surface area (Å²) in [5.41, 5.74) is 0.914. The van der Waals surface area contributed by atoms with E-state index in [1.165, 1.54) is 0 Å². The number of aliphatic carboxylic acids is 1. The maximum Gasteiger partial charge on any atom is 0.303 e. The standard InChI is InChI=1S/C7H9BrN2O2/c1-10-6(2-3-7(11)12)5(8)4-9-10/h4H,2-3H2,1H3,(H,11,12). The first-order valence-electron chi connectivity index (χ1n) is 3.49. The molecule has 0 aliphatic heterocycles. The molecular formula is C7H9BrN2O2. The minimum absolute atomic E-state index is 0.137. The molecule has 0 aromatic carbocycles. The molecule has 1 N–H and O–H groups in total. The van der Waals surface area contributed by atoms with Crippen LogP contribution < -0.4 is 0 Å². The largest absolute Gasteiger partial charge is 0.481 e. The summed E-state index contributed by atoms with van der Waals surface area (Å²) in [5, 5.41) is 12.4. The monoisotopic (exact) mass is 232 g/mol. The fourth-order valence-electron chi connectivity index (χ4n) is 0.943. The molecule has 0 radical (unpaired) electrons. The van der Waals surface area contributed by atoms with Gasteiger partial charge in [0.2, 0.25) is 0 Å². The number of nitrogens with zero attached hydrogens (tertiary/aromatic N) is 2. The van der Waals surface area contributed by atoms with Crippen molar-refractivity contribution in [3.8, 4) is 0 Å². The third-order valence-electron chi connectivity index (χ3n) is 1.59. The molecule has 0 unspecified atom stereocenters. The normalized spacial score (nSPS) is 10.2. The molecule has 4 nitrogen and oxygen atoms in total. The zero-order chi connectivity index (χ0) is 9.14. The van der Waals surface area contributed by atoms with Crippen LogP contribution in [0.4, 0.5) is 0 Å². The number of halogens is 1. The van der Waals surface area contributed by atoms with E-state index in [1.54, 1.807) is 17.9 Å². The Morgan fingerprint density at radius 1 is 1.83 bits per heavy atom. The van der Waals surface area contributed by atoms with E-state index in [2.05, 4.69) is 21.0 Å². The highest BCUT2D eigenvalue weighted by atomic mass is 79.9. The van der Waals surface area contributed by atoms with Crippen LogP contribution in [0.25, 0.3) is 0 Å². The highest BCUT2D eigenvalue weighted by molar-refractivity contribution is 9.10. The quantitative estimate of drug-likeness (QED) is 0.853. The lowest BCUT2D eigenvalue weighted by Crippen LogP contribution is -2.03. The molecule has 0 atom stereocenters. The SMILES string of the molecule is Cn1ncc(Br)c1CCC(=O)O. The number of hydrogen-bond acceptors (Lipinski definition) is 2. The van der Waals surface area contributed by atoms with E-state index >= 15 is 0 Å². The number of rotatable bonds is 3. The molecule has 1 aromatic heterocycles. The van der Waals surface area contributed by atoms with Crippen LogP contribution in [-0.4, -0.2) is 20.9 Å². The summed E-state index contributed by atoms with van der Waals surface area (Å²) in [6.45, 7) is 0. The second-order valence-corrected chi connectivity index (χ2v) is 3.31. The van der Waals surface area contributed by atoms with Crippen LogP contribution in [-0.2, 0) is 18.3 Å². The smallest absolute Gasteiger partial charge is 0.303 e. The summed E-state index contributed by atoms with van der Waals surface area (Å²) in [7, 11) is 1.79. The minimum Gasteiger partial charge on any atom is -0.481 e. The molecule has 0 fully saturated rings. The van der Waals surface area contributed by atoms with Crippen molar-refractivity contribution < 1.29 is 9.90 Å². The van der Waals surface area contributed by atoms with E-state index in [0.29, 0.717) is 6.42 Å². The summed E-state index contributed by atoms with van der Waals surface area (Å²) < 4.78 is 2.54. The van der Waals surface area contributed by atoms with E-state index < -0.39 is 5.97 Å². The van der Waals surface area contributed by atoms with Gasteiger partial charge in [0.1, 0.15) is 0 Å². The van der Waals surface area contributed by atoms with Crippen molar-refractivity contribution in [1.29, 1.82) is 0 Å². The highest BCUT2D eigenvalue weighted by Gasteiger charge is 2.07. The summed E-state index contributed by atoms with van der Waals surface area (Å²) in [5.74, 6) is -0.789. The molecule has 5 heteroatoms. The van der Waals surface area contributed by atoms with E-state index in [-0.39, 0.29) is 6.42 Å². The van der Waals surface area contributed by atoms with Crippen molar-refractivity contribution >= 4 is 21.9 Å². The fraction of sp³-hybridized carbons (Fsp3) is 0.429. The topological polar surface area (TPSA) is 55.1 Å². The summed E-state index contributed by atoms with van der Waals surface area (Å²) in [6, 6.07) is 0. The molecule has 0 saturated heterocycles. The third-order valence-corrected chi connectivity index (χ3v) is 2.25. The second kappa shape index (κ2) is 3.71. The van der Waals surface area contributed by atoms with Gasteiger partial charge in [-0.05, 0) is 15.9 Å². The predicted molar refractivity (Wildman–Crippen MR) is 46.9 cm³/mol. The highest BCUT2D eigenvalue weighted by Crippen LogP contribution is 2.16. The van der Waals surface area contributed by atoms with Crippen molar-refractivity contribution in [3.05, 3.63) is 16.4 Å². The van der Waals surface area contributed by atoms with Gasteiger partial charge in [0.25, 0.3) is 0 Å². The summed E-state index contributed by atoms with van der Waals surface area (Å²) in [6.07, 6.45) is 2.31. The molecule has 0 saturated carbocycles. The second-order valence-electron chi connectivity index (χ2n) is 2.46. The van der Waals surface area contributed by atoms with Gasteiger partial charge in [0, 0.05) is 13.5 Å². The van der Waals surface area contributed by atoms with Crippen molar-refractivity contribution in [3.63, 3.8) is 0 Å². The Labute approximate surface area is 78.3 Å². The van der Waals surface area contributed by atoms with Crippen LogP contribution in [0.5, 0.6) is 0 Å². The number of aryl methyl sites for hydroxylation is 1. The zero-order valence-corrected chi connectivity index (χ0v) is 8.21. The molecule has 1 heterocycles. The van der Waals surface area contributed by atoms with E-state index in [1.807, 2.05) is 0 Å². The van der Waals surface area contributed by atoms with Gasteiger partial charge < -0.3 is 5.11 Å². The first-order chi connectivity index (χ1) is 5.61. The summed E-state index contributed by atoms with van der Waals surface area (Å²) >= 11 is 3.29. The fourth-order valence-corrected chi connectivity index (χ4v) is 1.49. The predicted octanol–water partition coefficient (Wildman–Crippen LogP) is 1.20. The van der Waals surface area contributed by atoms with Crippen molar-refractivity contribution in [2.24, 2.45) is 7.05 Å². The van der Waals surface area contributed by atoms with Gasteiger partial charge in [0.15, 0.2) is 0 Å². The van der Waals surface area contributed by atoms with Crippen LogP contribution in [0.3, 0.4) is 0 Å². The molecule has 0 bridgehead atoms. The zero-order valence-electron chi connectivity index (χ0n) is 6.62. The van der Waals surface area contributed by atoms with Gasteiger partial charge in [-0.1, -0.05) is 0 Å². The van der Waals surface area contributed by atoms with Crippen LogP contribution >= 0.6 is 15.9 Å². The lowest BCUT2D eigenvalue weighted by atomic mass is 10.2. The average Bonchev–Trinajstić information content (AvgIpc) is 2.28. The first kappa shape index (κ1) is 9.25. The first-order valence-corrected chi connectivity index (χ1v) is 4.28. The maximum absolute atomic E-state index is 10.3. The Hall–Kier alpha value is -0.840. The van der Waals surface area contributed by atoms with E-state index in [9.17, 15) is 4.79 Å². The van der Waals surface area contributed by atoms with Gasteiger partial charge in [-0.15, -0.1) is 0 Å². The van der Waals surface area contributed by atoms with Gasteiger partial charge in [0.05, 0.1) is 22.8 Å². The number of carbonyl (C=O) groups is 1. The van der Waals surface area contributed by atoms with Crippen molar-refractivity contribution in [2.75, 3.05) is 0 Å². The third kappa shape index (κ3) is 2.07. The Morgan fingerprint density at radius 3 is 2.92 bits per heavy atom. The molecule has 12 heavy (non-hydrogen) atoms. The molecule has 0 spiro atoms. The minimum atomic E-state index is -0.789. The van der Waals surface area contributed by atoms with Gasteiger partial charge in [-0.25, -0.2) is 0 Å². The molecular weight excluding hydrogens is 224 g/mol. The summed E-state index contributed by atoms with van der Waals surface area (Å²) in [4.78, 5) is 10.3. The lowest BCUT2D eigenvalue weighted by molar-refractivity contribution is -0.136. The van der Waals surface area contributed by atoms with Crippen molar-refractivity contribution in [2.45, 2.75) is 12.8 Å². The van der Waals surface area contributed by atoms with Crippen molar-refractivity contribution in [1.82, 2.24) is 9.78 Å². The Kier molecular flexibility index (Phi) is 2.86. The van der Waals surface area contributed by atoms with Crippen LogP contribution in [0.2, 0.25) is 0 Å². The molecule has 0 aliphatic rings. The van der Waals surface area contributed by atoms with Gasteiger partial charge >= 0.3 is 5.97 Å². The molecule has 1 rings (SSSR count). The van der Waals surface area contributed by atoms with E-state index in [4.69, 9.17) is 5.11 Å².